The summed E-state index contributed by atoms with van der Waals surface area (Å²) < 4.78 is 6.17. The van der Waals surface area contributed by atoms with Crippen LogP contribution in [0.3, 0.4) is 0 Å². The predicted molar refractivity (Wildman–Crippen MR) is 79.2 cm³/mol. The van der Waals surface area contributed by atoms with Gasteiger partial charge in [0.1, 0.15) is 0 Å². The smallest absolute Gasteiger partial charge is 0.407 e. The van der Waals surface area contributed by atoms with Crippen LogP contribution in [0.5, 0.6) is 0 Å². The molecule has 1 N–H and O–H groups in total. The molecule has 2 heterocycles. The van der Waals surface area contributed by atoms with Crippen LogP contribution in [-0.2, 0) is 4.74 Å². The second-order valence-corrected chi connectivity index (χ2v) is 5.55. The van der Waals surface area contributed by atoms with E-state index >= 15 is 0 Å². The Morgan fingerprint density at radius 3 is 2.60 bits per heavy atom. The molecule has 1 amide bonds. The van der Waals surface area contributed by atoms with E-state index in [0.29, 0.717) is 26.2 Å². The number of rotatable bonds is 3. The highest BCUT2D eigenvalue weighted by Gasteiger charge is 2.21. The summed E-state index contributed by atoms with van der Waals surface area (Å²) in [5.74, 6) is 0. The highest BCUT2D eigenvalue weighted by molar-refractivity contribution is 9.10. The predicted octanol–water partition coefficient (Wildman–Crippen LogP) is 2.35. The first-order valence-corrected chi connectivity index (χ1v) is 7.23. The molecular weight excluding hydrogens is 326 g/mol. The van der Waals surface area contributed by atoms with Crippen molar-refractivity contribution >= 4 is 27.7 Å². The van der Waals surface area contributed by atoms with E-state index in [4.69, 9.17) is 9.84 Å². The number of aromatic nitrogens is 1. The lowest BCUT2D eigenvalue weighted by molar-refractivity contribution is 0.115. The molecule has 2 rings (SSSR count). The fraction of sp³-hybridized carbons (Fsp3) is 0.538. The lowest BCUT2D eigenvalue weighted by Gasteiger charge is -2.34. The van der Waals surface area contributed by atoms with Gasteiger partial charge in [0.05, 0.1) is 23.7 Å². The number of piperazine rings is 1. The number of carbonyl (C=O) groups is 1. The summed E-state index contributed by atoms with van der Waals surface area (Å²) in [4.78, 5) is 18.9. The molecule has 0 spiro atoms. The van der Waals surface area contributed by atoms with Crippen molar-refractivity contribution in [1.82, 2.24) is 9.88 Å². The van der Waals surface area contributed by atoms with E-state index < -0.39 is 6.09 Å². The van der Waals surface area contributed by atoms with Crippen molar-refractivity contribution < 1.29 is 14.6 Å². The number of nitrogens with zero attached hydrogens (tertiary/aromatic N) is 3. The number of anilines is 1. The highest BCUT2D eigenvalue weighted by Crippen LogP contribution is 2.27. The molecule has 1 atom stereocenters. The number of methoxy groups -OCH3 is 1. The molecule has 1 aliphatic heterocycles. The summed E-state index contributed by atoms with van der Waals surface area (Å²) in [6.07, 6.45) is 0.891. The summed E-state index contributed by atoms with van der Waals surface area (Å²) in [5, 5.41) is 8.94. The Morgan fingerprint density at radius 1 is 1.45 bits per heavy atom. The lowest BCUT2D eigenvalue weighted by Crippen LogP contribution is -2.48. The zero-order chi connectivity index (χ0) is 14.7. The van der Waals surface area contributed by atoms with E-state index in [0.717, 1.165) is 15.9 Å². The summed E-state index contributed by atoms with van der Waals surface area (Å²) in [6, 6.07) is 2.01. The van der Waals surface area contributed by atoms with Crippen LogP contribution in [0.1, 0.15) is 18.7 Å². The molecule has 1 unspecified atom stereocenters. The zero-order valence-electron chi connectivity index (χ0n) is 11.5. The normalized spacial score (nSPS) is 17.1. The maximum atomic E-state index is 10.9. The van der Waals surface area contributed by atoms with Gasteiger partial charge in [-0.25, -0.2) is 4.79 Å². The average Bonchev–Trinajstić information content (AvgIpc) is 2.46. The van der Waals surface area contributed by atoms with Crippen LogP contribution in [0, 0.1) is 0 Å². The van der Waals surface area contributed by atoms with E-state index in [1.807, 2.05) is 19.2 Å². The highest BCUT2D eigenvalue weighted by atomic mass is 79.9. The van der Waals surface area contributed by atoms with Gasteiger partial charge in [0.25, 0.3) is 0 Å². The van der Waals surface area contributed by atoms with Crippen LogP contribution in [0.15, 0.2) is 16.7 Å². The molecule has 1 aliphatic rings. The quantitative estimate of drug-likeness (QED) is 0.912. The minimum absolute atomic E-state index is 0.0673. The van der Waals surface area contributed by atoms with Crippen molar-refractivity contribution in [2.75, 3.05) is 38.2 Å². The average molecular weight is 344 g/mol. The number of hydrogen-bond acceptors (Lipinski definition) is 4. The Labute approximate surface area is 126 Å². The fourth-order valence-electron chi connectivity index (χ4n) is 2.18. The van der Waals surface area contributed by atoms with Crippen molar-refractivity contribution in [3.05, 3.63) is 22.4 Å². The largest absolute Gasteiger partial charge is 0.465 e. The van der Waals surface area contributed by atoms with Gasteiger partial charge in [0, 0.05) is 37.8 Å². The molecule has 0 bridgehead atoms. The Morgan fingerprint density at radius 2 is 2.10 bits per heavy atom. The second kappa shape index (κ2) is 6.41. The summed E-state index contributed by atoms with van der Waals surface area (Å²) >= 11 is 3.52. The topological polar surface area (TPSA) is 65.9 Å². The first-order valence-electron chi connectivity index (χ1n) is 6.44. The molecule has 6 nitrogen and oxygen atoms in total. The van der Waals surface area contributed by atoms with E-state index in [1.165, 1.54) is 4.90 Å². The van der Waals surface area contributed by atoms with Gasteiger partial charge in [-0.05, 0) is 28.9 Å². The fourth-order valence-corrected chi connectivity index (χ4v) is 2.84. The molecule has 20 heavy (non-hydrogen) atoms. The Kier molecular flexibility index (Phi) is 4.82. The van der Waals surface area contributed by atoms with E-state index in [1.54, 1.807) is 7.11 Å². The van der Waals surface area contributed by atoms with Crippen molar-refractivity contribution in [2.45, 2.75) is 13.0 Å². The van der Waals surface area contributed by atoms with Gasteiger partial charge in [0.15, 0.2) is 0 Å². The molecule has 0 saturated carbocycles. The number of amides is 1. The first-order chi connectivity index (χ1) is 9.52. The summed E-state index contributed by atoms with van der Waals surface area (Å²) in [6.45, 7) is 4.34. The van der Waals surface area contributed by atoms with Gasteiger partial charge in [-0.3, -0.25) is 4.98 Å². The number of carboxylic acid groups (broad SMARTS) is 1. The Hall–Kier alpha value is -1.34. The maximum Gasteiger partial charge on any atom is 0.407 e. The van der Waals surface area contributed by atoms with Gasteiger partial charge < -0.3 is 19.6 Å². The Balaban J connectivity index is 2.07. The van der Waals surface area contributed by atoms with Gasteiger partial charge in [-0.1, -0.05) is 0 Å². The zero-order valence-corrected chi connectivity index (χ0v) is 13.1. The van der Waals surface area contributed by atoms with Crippen LogP contribution in [0.25, 0.3) is 0 Å². The van der Waals surface area contributed by atoms with Crippen molar-refractivity contribution in [1.29, 1.82) is 0 Å². The molecule has 110 valence electrons. The SMILES string of the molecule is COC(C)c1ncc(N2CCN(C(=O)O)CC2)cc1Br. The van der Waals surface area contributed by atoms with Crippen molar-refractivity contribution in [3.63, 3.8) is 0 Å². The minimum Gasteiger partial charge on any atom is -0.465 e. The van der Waals surface area contributed by atoms with Gasteiger partial charge >= 0.3 is 6.09 Å². The van der Waals surface area contributed by atoms with Gasteiger partial charge in [-0.2, -0.15) is 0 Å². The monoisotopic (exact) mass is 343 g/mol. The minimum atomic E-state index is -0.853. The molecule has 1 aromatic heterocycles. The molecule has 7 heteroatoms. The van der Waals surface area contributed by atoms with Gasteiger partial charge in [-0.15, -0.1) is 0 Å². The van der Waals surface area contributed by atoms with Gasteiger partial charge in [0.2, 0.25) is 0 Å². The van der Waals surface area contributed by atoms with Crippen LogP contribution < -0.4 is 4.90 Å². The third kappa shape index (κ3) is 3.21. The molecular formula is C13H18BrN3O3. The lowest BCUT2D eigenvalue weighted by atomic mass is 10.2. The summed E-state index contributed by atoms with van der Waals surface area (Å²) in [7, 11) is 1.65. The molecule has 1 aromatic rings. The summed E-state index contributed by atoms with van der Waals surface area (Å²) in [5.41, 5.74) is 1.86. The van der Waals surface area contributed by atoms with Crippen LogP contribution >= 0.6 is 15.9 Å². The van der Waals surface area contributed by atoms with E-state index in [2.05, 4.69) is 25.8 Å². The maximum absolute atomic E-state index is 10.9. The molecule has 1 fully saturated rings. The third-order valence-electron chi connectivity index (χ3n) is 3.51. The standard InChI is InChI=1S/C13H18BrN3O3/c1-9(20-2)12-11(14)7-10(8-15-12)16-3-5-17(6-4-16)13(18)19/h7-9H,3-6H2,1-2H3,(H,18,19). The molecule has 0 aromatic carbocycles. The molecule has 1 saturated heterocycles. The number of ether oxygens (including phenoxy) is 1. The molecule has 0 aliphatic carbocycles. The Bertz CT molecular complexity index is 490. The first kappa shape index (κ1) is 15.1. The van der Waals surface area contributed by atoms with Crippen LogP contribution in [0.4, 0.5) is 10.5 Å². The second-order valence-electron chi connectivity index (χ2n) is 4.70. The van der Waals surface area contributed by atoms with Crippen molar-refractivity contribution in [3.8, 4) is 0 Å². The van der Waals surface area contributed by atoms with E-state index in [-0.39, 0.29) is 6.10 Å². The third-order valence-corrected chi connectivity index (χ3v) is 4.14. The van der Waals surface area contributed by atoms with Crippen LogP contribution in [-0.4, -0.2) is 54.4 Å². The molecule has 0 radical (unpaired) electrons. The van der Waals surface area contributed by atoms with Crippen LogP contribution in [0.2, 0.25) is 0 Å². The number of pyridine rings is 1. The number of halogens is 1. The van der Waals surface area contributed by atoms with Crippen molar-refractivity contribution in [2.24, 2.45) is 0 Å². The number of hydrogen-bond donors (Lipinski definition) is 1. The van der Waals surface area contributed by atoms with E-state index in [9.17, 15) is 4.79 Å².